The molecule has 1 N–H and O–H groups in total. The molecule has 2 rings (SSSR count). The number of halogens is 1. The molecule has 0 aliphatic heterocycles. The van der Waals surface area contributed by atoms with Gasteiger partial charge in [-0.2, -0.15) is 10.4 Å². The molecule has 58 valence electrons. The molecule has 0 saturated carbocycles. The van der Waals surface area contributed by atoms with Crippen molar-refractivity contribution in [1.82, 2.24) is 10.2 Å². The molecule has 0 fully saturated rings. The molecule has 0 spiro atoms. The standard InChI is InChI=1S/C8H4FN3/c9-5-1-2-7-6(3-5)8(4-10)12-11-7/h1-3H,(H,11,12). The number of aromatic nitrogens is 2. The molecule has 0 unspecified atom stereocenters. The molecule has 3 nitrogen and oxygen atoms in total. The van der Waals surface area contributed by atoms with Crippen molar-refractivity contribution >= 4 is 10.9 Å². The van der Waals surface area contributed by atoms with Gasteiger partial charge in [-0.1, -0.05) is 0 Å². The van der Waals surface area contributed by atoms with Gasteiger partial charge in [-0.3, -0.25) is 5.10 Å². The lowest BCUT2D eigenvalue weighted by atomic mass is 10.2. The van der Waals surface area contributed by atoms with Crippen molar-refractivity contribution in [2.45, 2.75) is 0 Å². The zero-order valence-electron chi connectivity index (χ0n) is 6.00. The van der Waals surface area contributed by atoms with Gasteiger partial charge >= 0.3 is 0 Å². The van der Waals surface area contributed by atoms with E-state index in [0.717, 1.165) is 0 Å². The van der Waals surface area contributed by atoms with E-state index in [1.54, 1.807) is 6.07 Å². The van der Waals surface area contributed by atoms with Crippen molar-refractivity contribution in [2.75, 3.05) is 0 Å². The summed E-state index contributed by atoms with van der Waals surface area (Å²) in [5.41, 5.74) is 0.900. The van der Waals surface area contributed by atoms with Crippen LogP contribution in [0.3, 0.4) is 0 Å². The zero-order valence-corrected chi connectivity index (χ0v) is 6.00. The third kappa shape index (κ3) is 0.839. The highest BCUT2D eigenvalue weighted by molar-refractivity contribution is 5.83. The van der Waals surface area contributed by atoms with E-state index in [1.807, 2.05) is 6.07 Å². The van der Waals surface area contributed by atoms with Crippen LogP contribution in [0.1, 0.15) is 5.69 Å². The number of nitriles is 1. The summed E-state index contributed by atoms with van der Waals surface area (Å²) in [6, 6.07) is 6.03. The lowest BCUT2D eigenvalue weighted by molar-refractivity contribution is 0.629. The zero-order chi connectivity index (χ0) is 8.55. The average Bonchev–Trinajstić information content (AvgIpc) is 2.46. The Morgan fingerprint density at radius 2 is 2.33 bits per heavy atom. The number of nitrogens with one attached hydrogen (secondary N) is 1. The van der Waals surface area contributed by atoms with Crippen LogP contribution in [0.2, 0.25) is 0 Å². The SMILES string of the molecule is N#Cc1n[nH]c2ccc(F)cc12. The molecule has 4 heteroatoms. The highest BCUT2D eigenvalue weighted by atomic mass is 19.1. The lowest BCUT2D eigenvalue weighted by Crippen LogP contribution is -1.74. The van der Waals surface area contributed by atoms with Crippen LogP contribution >= 0.6 is 0 Å². The Morgan fingerprint density at radius 3 is 3.08 bits per heavy atom. The second-order valence-electron chi connectivity index (χ2n) is 2.37. The molecule has 12 heavy (non-hydrogen) atoms. The van der Waals surface area contributed by atoms with Gasteiger partial charge in [-0.15, -0.1) is 0 Å². The van der Waals surface area contributed by atoms with Gasteiger partial charge in [-0.25, -0.2) is 4.39 Å². The monoisotopic (exact) mass is 161 g/mol. The quantitative estimate of drug-likeness (QED) is 0.637. The number of hydrogen-bond donors (Lipinski definition) is 1. The van der Waals surface area contributed by atoms with E-state index in [1.165, 1.54) is 12.1 Å². The number of fused-ring (bicyclic) bond motifs is 1. The minimum Gasteiger partial charge on any atom is -0.276 e. The van der Waals surface area contributed by atoms with Crippen LogP contribution in [0.25, 0.3) is 10.9 Å². The number of rotatable bonds is 0. The van der Waals surface area contributed by atoms with Gasteiger partial charge in [0.15, 0.2) is 5.69 Å². The topological polar surface area (TPSA) is 52.5 Å². The van der Waals surface area contributed by atoms with E-state index in [0.29, 0.717) is 10.9 Å². The maximum atomic E-state index is 12.7. The molecule has 1 aromatic carbocycles. The summed E-state index contributed by atoms with van der Waals surface area (Å²) >= 11 is 0. The fourth-order valence-corrected chi connectivity index (χ4v) is 1.07. The molecule has 1 heterocycles. The Kier molecular flexibility index (Phi) is 1.31. The Hall–Kier alpha value is -1.89. The van der Waals surface area contributed by atoms with Crippen molar-refractivity contribution in [3.63, 3.8) is 0 Å². The van der Waals surface area contributed by atoms with Gasteiger partial charge in [-0.05, 0) is 18.2 Å². The predicted octanol–water partition coefficient (Wildman–Crippen LogP) is 1.57. The van der Waals surface area contributed by atoms with Crippen molar-refractivity contribution in [3.05, 3.63) is 29.7 Å². The Bertz CT molecular complexity index is 467. The average molecular weight is 161 g/mol. The minimum absolute atomic E-state index is 0.226. The molecule has 0 saturated heterocycles. The second-order valence-corrected chi connectivity index (χ2v) is 2.37. The first-order chi connectivity index (χ1) is 5.81. The normalized spacial score (nSPS) is 10.0. The maximum absolute atomic E-state index is 12.7. The highest BCUT2D eigenvalue weighted by Gasteiger charge is 2.04. The summed E-state index contributed by atoms with van der Waals surface area (Å²) in [5, 5.41) is 15.4. The Labute approximate surface area is 67.4 Å². The number of H-pyrrole nitrogens is 1. The summed E-state index contributed by atoms with van der Waals surface area (Å²) < 4.78 is 12.7. The summed E-state index contributed by atoms with van der Waals surface area (Å²) in [6.45, 7) is 0. The molecule has 0 atom stereocenters. The van der Waals surface area contributed by atoms with Crippen molar-refractivity contribution in [3.8, 4) is 6.07 Å². The van der Waals surface area contributed by atoms with Gasteiger partial charge in [0.25, 0.3) is 0 Å². The molecule has 0 amide bonds. The number of hydrogen-bond acceptors (Lipinski definition) is 2. The summed E-state index contributed by atoms with van der Waals surface area (Å²) in [4.78, 5) is 0. The molecular weight excluding hydrogens is 157 g/mol. The Morgan fingerprint density at radius 1 is 1.50 bits per heavy atom. The fraction of sp³-hybridized carbons (Fsp3) is 0. The first kappa shape index (κ1) is 6.80. The summed E-state index contributed by atoms with van der Waals surface area (Å²) in [7, 11) is 0. The van der Waals surface area contributed by atoms with Crippen LogP contribution in [0, 0.1) is 17.1 Å². The van der Waals surface area contributed by atoms with Crippen molar-refractivity contribution in [2.24, 2.45) is 0 Å². The smallest absolute Gasteiger partial charge is 0.170 e. The molecule has 2 aromatic rings. The molecule has 0 aliphatic rings. The van der Waals surface area contributed by atoms with E-state index in [4.69, 9.17) is 5.26 Å². The van der Waals surface area contributed by atoms with E-state index >= 15 is 0 Å². The van der Waals surface area contributed by atoms with E-state index in [9.17, 15) is 4.39 Å². The van der Waals surface area contributed by atoms with Crippen molar-refractivity contribution < 1.29 is 4.39 Å². The van der Waals surface area contributed by atoms with E-state index in [2.05, 4.69) is 10.2 Å². The third-order valence-corrected chi connectivity index (χ3v) is 1.63. The van der Waals surface area contributed by atoms with Crippen LogP contribution < -0.4 is 0 Å². The van der Waals surface area contributed by atoms with Gasteiger partial charge in [0.1, 0.15) is 11.9 Å². The van der Waals surface area contributed by atoms with Crippen LogP contribution in [0.5, 0.6) is 0 Å². The van der Waals surface area contributed by atoms with Gasteiger partial charge in [0.05, 0.1) is 5.52 Å². The molecule has 0 aliphatic carbocycles. The van der Waals surface area contributed by atoms with Gasteiger partial charge in [0.2, 0.25) is 0 Å². The maximum Gasteiger partial charge on any atom is 0.170 e. The second kappa shape index (κ2) is 2.31. The molecule has 1 aromatic heterocycles. The molecular formula is C8H4FN3. The largest absolute Gasteiger partial charge is 0.276 e. The molecule has 0 radical (unpaired) electrons. The first-order valence-corrected chi connectivity index (χ1v) is 3.35. The Balaban J connectivity index is 2.86. The van der Waals surface area contributed by atoms with Crippen LogP contribution in [-0.2, 0) is 0 Å². The third-order valence-electron chi connectivity index (χ3n) is 1.63. The van der Waals surface area contributed by atoms with E-state index < -0.39 is 0 Å². The van der Waals surface area contributed by atoms with E-state index in [-0.39, 0.29) is 11.5 Å². The van der Waals surface area contributed by atoms with Crippen LogP contribution in [0.4, 0.5) is 4.39 Å². The van der Waals surface area contributed by atoms with Gasteiger partial charge < -0.3 is 0 Å². The highest BCUT2D eigenvalue weighted by Crippen LogP contribution is 2.15. The van der Waals surface area contributed by atoms with Crippen LogP contribution in [0.15, 0.2) is 18.2 Å². The summed E-state index contributed by atoms with van der Waals surface area (Å²) in [5.74, 6) is -0.361. The summed E-state index contributed by atoms with van der Waals surface area (Å²) in [6.07, 6.45) is 0. The number of benzene rings is 1. The first-order valence-electron chi connectivity index (χ1n) is 3.35. The lowest BCUT2D eigenvalue weighted by Gasteiger charge is -1.87. The van der Waals surface area contributed by atoms with Gasteiger partial charge in [0, 0.05) is 5.39 Å². The molecule has 0 bridgehead atoms. The number of aromatic amines is 1. The number of nitrogens with zero attached hydrogens (tertiary/aromatic N) is 2. The fourth-order valence-electron chi connectivity index (χ4n) is 1.07. The van der Waals surface area contributed by atoms with Crippen LogP contribution in [-0.4, -0.2) is 10.2 Å². The minimum atomic E-state index is -0.361. The van der Waals surface area contributed by atoms with Crippen molar-refractivity contribution in [1.29, 1.82) is 5.26 Å². The predicted molar refractivity (Wildman–Crippen MR) is 40.8 cm³/mol.